The number of rotatable bonds is 12. The largest absolute Gasteiger partial charge is 0.491 e. The summed E-state index contributed by atoms with van der Waals surface area (Å²) in [6.45, 7) is 5.80. The third kappa shape index (κ3) is 7.94. The molecule has 9 heteroatoms. The number of ether oxygens (including phenoxy) is 4. The first-order valence-electron chi connectivity index (χ1n) is 10.3. The van der Waals surface area contributed by atoms with E-state index in [9.17, 15) is 9.90 Å². The Morgan fingerprint density at radius 2 is 1.61 bits per heavy atom. The molecule has 0 aliphatic rings. The maximum Gasteiger partial charge on any atom is 0.303 e. The molecule has 0 aliphatic carbocycles. The molecule has 0 saturated heterocycles. The number of carbonyl (C=O) groups excluding carboxylic acids is 1. The van der Waals surface area contributed by atoms with Crippen LogP contribution in [-0.4, -0.2) is 56.1 Å². The standard InChI is InChI=1S/C24H29Cl3O6/c1-15(28)33-20(11-25)14-32-23-21(26)9-17(10-22(23)27)24(2,3)16-5-7-19(8-6-16)31-13-18(29)12-30-4/h5-10,18,20,29H,11-14H2,1-4H3. The SMILES string of the molecule is COCC(O)COc1ccc(C(C)(C)c2cc(Cl)c(OCC(CCl)OC(C)=O)c(Cl)c2)cc1. The van der Waals surface area contributed by atoms with Crippen molar-refractivity contribution in [2.75, 3.05) is 32.8 Å². The molecular weight excluding hydrogens is 491 g/mol. The highest BCUT2D eigenvalue weighted by molar-refractivity contribution is 6.37. The highest BCUT2D eigenvalue weighted by Gasteiger charge is 2.26. The maximum atomic E-state index is 11.1. The van der Waals surface area contributed by atoms with Gasteiger partial charge in [-0.2, -0.15) is 0 Å². The molecule has 0 fully saturated rings. The van der Waals surface area contributed by atoms with Crippen LogP contribution in [0.3, 0.4) is 0 Å². The molecule has 182 valence electrons. The van der Waals surface area contributed by atoms with Crippen LogP contribution in [0.4, 0.5) is 0 Å². The van der Waals surface area contributed by atoms with Gasteiger partial charge in [-0.25, -0.2) is 0 Å². The highest BCUT2D eigenvalue weighted by Crippen LogP contribution is 2.40. The van der Waals surface area contributed by atoms with Gasteiger partial charge < -0.3 is 24.1 Å². The third-order valence-electron chi connectivity index (χ3n) is 5.02. The lowest BCUT2D eigenvalue weighted by Crippen LogP contribution is -2.26. The van der Waals surface area contributed by atoms with Crippen molar-refractivity contribution in [3.63, 3.8) is 0 Å². The van der Waals surface area contributed by atoms with Crippen molar-refractivity contribution in [1.29, 1.82) is 0 Å². The third-order valence-corrected chi connectivity index (χ3v) is 5.92. The molecule has 0 saturated carbocycles. The molecule has 2 unspecified atom stereocenters. The number of aliphatic hydroxyl groups is 1. The second-order valence-corrected chi connectivity index (χ2v) is 9.16. The molecule has 0 aliphatic heterocycles. The van der Waals surface area contributed by atoms with E-state index in [4.69, 9.17) is 53.8 Å². The number of methoxy groups -OCH3 is 1. The van der Waals surface area contributed by atoms with Gasteiger partial charge in [0.1, 0.15) is 31.2 Å². The van der Waals surface area contributed by atoms with Gasteiger partial charge in [-0.3, -0.25) is 4.79 Å². The summed E-state index contributed by atoms with van der Waals surface area (Å²) in [4.78, 5) is 11.1. The van der Waals surface area contributed by atoms with E-state index in [2.05, 4.69) is 13.8 Å². The van der Waals surface area contributed by atoms with Gasteiger partial charge in [0.05, 0.1) is 22.5 Å². The summed E-state index contributed by atoms with van der Waals surface area (Å²) in [6, 6.07) is 11.2. The van der Waals surface area contributed by atoms with Crippen molar-refractivity contribution >= 4 is 40.8 Å². The van der Waals surface area contributed by atoms with Crippen molar-refractivity contribution in [2.45, 2.75) is 38.4 Å². The Kier molecular flexibility index (Phi) is 10.6. The lowest BCUT2D eigenvalue weighted by atomic mass is 9.78. The fourth-order valence-corrected chi connectivity index (χ4v) is 3.90. The van der Waals surface area contributed by atoms with Crippen LogP contribution in [0.5, 0.6) is 11.5 Å². The number of benzene rings is 2. The molecule has 0 radical (unpaired) electrons. The molecule has 33 heavy (non-hydrogen) atoms. The van der Waals surface area contributed by atoms with E-state index >= 15 is 0 Å². The zero-order chi connectivity index (χ0) is 24.6. The summed E-state index contributed by atoms with van der Waals surface area (Å²) in [5.41, 5.74) is 1.49. The van der Waals surface area contributed by atoms with Crippen LogP contribution in [0.15, 0.2) is 36.4 Å². The first-order valence-corrected chi connectivity index (χ1v) is 11.6. The molecular formula is C24H29Cl3O6. The lowest BCUT2D eigenvalue weighted by molar-refractivity contribution is -0.146. The van der Waals surface area contributed by atoms with E-state index in [-0.39, 0.29) is 25.7 Å². The zero-order valence-electron chi connectivity index (χ0n) is 19.1. The molecule has 2 aromatic carbocycles. The van der Waals surface area contributed by atoms with Crippen LogP contribution in [0, 0.1) is 0 Å². The minimum atomic E-state index is -0.690. The van der Waals surface area contributed by atoms with Gasteiger partial charge in [0, 0.05) is 19.4 Å². The summed E-state index contributed by atoms with van der Waals surface area (Å²) in [5, 5.41) is 10.4. The normalized spacial score (nSPS) is 13.3. The number of halogens is 3. The van der Waals surface area contributed by atoms with Gasteiger partial charge in [0.15, 0.2) is 5.75 Å². The van der Waals surface area contributed by atoms with E-state index in [1.807, 2.05) is 24.3 Å². The average molecular weight is 520 g/mol. The monoisotopic (exact) mass is 518 g/mol. The summed E-state index contributed by atoms with van der Waals surface area (Å²) in [7, 11) is 1.52. The number of aliphatic hydroxyl groups excluding tert-OH is 1. The van der Waals surface area contributed by atoms with Gasteiger partial charge in [-0.05, 0) is 35.4 Å². The quantitative estimate of drug-likeness (QED) is 0.305. The van der Waals surface area contributed by atoms with Gasteiger partial charge in [-0.15, -0.1) is 11.6 Å². The van der Waals surface area contributed by atoms with E-state index in [1.54, 1.807) is 12.1 Å². The second kappa shape index (κ2) is 12.7. The van der Waals surface area contributed by atoms with Gasteiger partial charge in [-0.1, -0.05) is 49.2 Å². The van der Waals surface area contributed by atoms with Crippen LogP contribution < -0.4 is 9.47 Å². The molecule has 0 heterocycles. The summed E-state index contributed by atoms with van der Waals surface area (Å²) in [6.07, 6.45) is -1.30. The number of hydrogen-bond acceptors (Lipinski definition) is 6. The van der Waals surface area contributed by atoms with Crippen LogP contribution in [-0.2, 0) is 19.7 Å². The van der Waals surface area contributed by atoms with Crippen molar-refractivity contribution in [1.82, 2.24) is 0 Å². The Bertz CT molecular complexity index is 894. The van der Waals surface area contributed by atoms with Crippen LogP contribution in [0.2, 0.25) is 10.0 Å². The number of alkyl halides is 1. The van der Waals surface area contributed by atoms with Gasteiger partial charge in [0.25, 0.3) is 0 Å². The summed E-state index contributed by atoms with van der Waals surface area (Å²) < 4.78 is 21.3. The molecule has 0 bridgehead atoms. The first-order chi connectivity index (χ1) is 15.6. The van der Waals surface area contributed by atoms with Gasteiger partial charge in [0.2, 0.25) is 0 Å². The Hall–Kier alpha value is -1.70. The van der Waals surface area contributed by atoms with Crippen molar-refractivity contribution in [3.05, 3.63) is 57.6 Å². The first kappa shape index (κ1) is 27.5. The molecule has 0 aromatic heterocycles. The highest BCUT2D eigenvalue weighted by atomic mass is 35.5. The Balaban J connectivity index is 2.14. The molecule has 6 nitrogen and oxygen atoms in total. The maximum absolute atomic E-state index is 11.1. The minimum absolute atomic E-state index is 0.0335. The second-order valence-electron chi connectivity index (χ2n) is 8.04. The predicted molar refractivity (Wildman–Crippen MR) is 130 cm³/mol. The smallest absolute Gasteiger partial charge is 0.303 e. The predicted octanol–water partition coefficient (Wildman–Crippen LogP) is 5.25. The lowest BCUT2D eigenvalue weighted by Gasteiger charge is -2.27. The topological polar surface area (TPSA) is 74.2 Å². The number of carbonyl (C=O) groups is 1. The Morgan fingerprint density at radius 1 is 1.00 bits per heavy atom. The Labute approximate surface area is 209 Å². The van der Waals surface area contributed by atoms with Gasteiger partial charge >= 0.3 is 5.97 Å². The number of esters is 1. The van der Waals surface area contributed by atoms with Crippen molar-refractivity contribution < 1.29 is 28.8 Å². The molecule has 0 spiro atoms. The van der Waals surface area contributed by atoms with Crippen LogP contribution in [0.1, 0.15) is 31.9 Å². The van der Waals surface area contributed by atoms with E-state index < -0.39 is 23.6 Å². The molecule has 1 N–H and O–H groups in total. The van der Waals surface area contributed by atoms with Crippen LogP contribution >= 0.6 is 34.8 Å². The summed E-state index contributed by atoms with van der Waals surface area (Å²) >= 11 is 18.8. The van der Waals surface area contributed by atoms with E-state index in [1.165, 1.54) is 14.0 Å². The fraction of sp³-hybridized carbons (Fsp3) is 0.458. The van der Waals surface area contributed by atoms with E-state index in [0.29, 0.717) is 21.5 Å². The van der Waals surface area contributed by atoms with Crippen molar-refractivity contribution in [3.8, 4) is 11.5 Å². The fourth-order valence-electron chi connectivity index (χ4n) is 3.15. The van der Waals surface area contributed by atoms with Crippen LogP contribution in [0.25, 0.3) is 0 Å². The molecule has 2 atom stereocenters. The minimum Gasteiger partial charge on any atom is -0.491 e. The van der Waals surface area contributed by atoms with Crippen molar-refractivity contribution in [2.24, 2.45) is 0 Å². The zero-order valence-corrected chi connectivity index (χ0v) is 21.3. The van der Waals surface area contributed by atoms with E-state index in [0.717, 1.165) is 11.1 Å². The molecule has 0 amide bonds. The molecule has 2 aromatic rings. The Morgan fingerprint density at radius 3 is 2.12 bits per heavy atom. The molecule has 2 rings (SSSR count). The average Bonchev–Trinajstić information content (AvgIpc) is 2.76. The summed E-state index contributed by atoms with van der Waals surface area (Å²) in [5.74, 6) is 0.594. The number of hydrogen-bond donors (Lipinski definition) is 1.